The van der Waals surface area contributed by atoms with Crippen molar-refractivity contribution in [2.75, 3.05) is 11.4 Å². The molecule has 1 unspecified atom stereocenters. The van der Waals surface area contributed by atoms with Crippen LogP contribution in [0.1, 0.15) is 18.9 Å². The normalized spacial score (nSPS) is 11.7. The molecule has 7 heteroatoms. The van der Waals surface area contributed by atoms with Crippen molar-refractivity contribution in [1.82, 2.24) is 9.55 Å². The van der Waals surface area contributed by atoms with Gasteiger partial charge in [-0.25, -0.2) is 4.98 Å². The average molecular weight is 469 g/mol. The lowest BCUT2D eigenvalue weighted by molar-refractivity contribution is -0.117. The van der Waals surface area contributed by atoms with Gasteiger partial charge in [0, 0.05) is 12.2 Å². The van der Waals surface area contributed by atoms with Crippen LogP contribution in [0.15, 0.2) is 88.8 Å². The van der Waals surface area contributed by atoms with Gasteiger partial charge in [0.05, 0.1) is 34.3 Å². The number of amides is 1. The average Bonchev–Trinajstić information content (AvgIpc) is 2.86. The van der Waals surface area contributed by atoms with Crippen LogP contribution in [0.2, 0.25) is 0 Å². The molecule has 0 saturated carbocycles. The van der Waals surface area contributed by atoms with E-state index in [1.807, 2.05) is 73.7 Å². The van der Waals surface area contributed by atoms with Gasteiger partial charge in [0.15, 0.2) is 5.16 Å². The Morgan fingerprint density at radius 1 is 1.06 bits per heavy atom. The third-order valence-electron chi connectivity index (χ3n) is 5.45. The van der Waals surface area contributed by atoms with Crippen molar-refractivity contribution >= 4 is 34.3 Å². The van der Waals surface area contributed by atoms with Gasteiger partial charge < -0.3 is 4.90 Å². The molecule has 0 aliphatic heterocycles. The van der Waals surface area contributed by atoms with E-state index >= 15 is 0 Å². The van der Waals surface area contributed by atoms with E-state index in [4.69, 9.17) is 10.2 Å². The van der Waals surface area contributed by atoms with Crippen LogP contribution in [0.25, 0.3) is 16.6 Å². The summed E-state index contributed by atoms with van der Waals surface area (Å²) < 4.78 is 1.57. The molecule has 0 N–H and O–H groups in total. The molecule has 1 amide bonds. The van der Waals surface area contributed by atoms with Crippen molar-refractivity contribution in [3.63, 3.8) is 0 Å². The maximum atomic E-state index is 13.5. The zero-order valence-electron chi connectivity index (χ0n) is 19.0. The van der Waals surface area contributed by atoms with Crippen molar-refractivity contribution in [1.29, 1.82) is 5.26 Å². The third-order valence-corrected chi connectivity index (χ3v) is 6.49. The largest absolute Gasteiger partial charge is 0.310 e. The lowest BCUT2D eigenvalue weighted by Crippen LogP contribution is -2.37. The van der Waals surface area contributed by atoms with E-state index in [1.54, 1.807) is 28.5 Å². The van der Waals surface area contributed by atoms with E-state index < -0.39 is 5.25 Å². The van der Waals surface area contributed by atoms with Crippen molar-refractivity contribution in [2.24, 2.45) is 0 Å². The van der Waals surface area contributed by atoms with Crippen molar-refractivity contribution in [2.45, 2.75) is 30.7 Å². The maximum absolute atomic E-state index is 13.5. The van der Waals surface area contributed by atoms with E-state index in [-0.39, 0.29) is 17.9 Å². The number of aromatic nitrogens is 2. The predicted molar refractivity (Wildman–Crippen MR) is 136 cm³/mol. The number of carbonyl (C=O) groups is 1. The minimum absolute atomic E-state index is 0.149. The van der Waals surface area contributed by atoms with Crippen LogP contribution in [0.3, 0.4) is 0 Å². The summed E-state index contributed by atoms with van der Waals surface area (Å²) in [7, 11) is 0. The van der Waals surface area contributed by atoms with Crippen LogP contribution < -0.4 is 10.5 Å². The van der Waals surface area contributed by atoms with Crippen LogP contribution in [-0.2, 0) is 4.79 Å². The zero-order valence-corrected chi connectivity index (χ0v) is 19.8. The summed E-state index contributed by atoms with van der Waals surface area (Å²) in [6, 6.07) is 26.3. The summed E-state index contributed by atoms with van der Waals surface area (Å²) >= 11 is 1.24. The first-order valence-electron chi connectivity index (χ1n) is 11.0. The first-order valence-corrected chi connectivity index (χ1v) is 11.9. The standard InChI is InChI=1S/C27H24N4O2S/c1-19-13-15-22(16-14-19)31-26(33)23-11-6-7-12-24(23)29-27(31)34-20(2)25(32)30(18-8-17-28)21-9-4-3-5-10-21/h3-7,9-16,20H,8,18H2,1-2H3. The number of rotatable bonds is 7. The molecule has 1 heterocycles. The van der Waals surface area contributed by atoms with Gasteiger partial charge in [-0.3, -0.25) is 14.2 Å². The molecule has 3 aromatic carbocycles. The first-order chi connectivity index (χ1) is 16.5. The molecular weight excluding hydrogens is 444 g/mol. The number of fused-ring (bicyclic) bond motifs is 1. The molecule has 34 heavy (non-hydrogen) atoms. The molecule has 0 radical (unpaired) electrons. The summed E-state index contributed by atoms with van der Waals surface area (Å²) in [5.41, 5.74) is 2.92. The highest BCUT2D eigenvalue weighted by molar-refractivity contribution is 8.00. The second kappa shape index (κ2) is 10.4. The smallest absolute Gasteiger partial charge is 0.266 e. The summed E-state index contributed by atoms with van der Waals surface area (Å²) in [6.45, 7) is 4.08. The minimum Gasteiger partial charge on any atom is -0.310 e. The van der Waals surface area contributed by atoms with E-state index in [1.165, 1.54) is 11.8 Å². The Bertz CT molecular complexity index is 1410. The summed E-state index contributed by atoms with van der Waals surface area (Å²) in [5, 5.41) is 9.52. The van der Waals surface area contributed by atoms with Crippen LogP contribution in [0.5, 0.6) is 0 Å². The lowest BCUT2D eigenvalue weighted by Gasteiger charge is -2.25. The topological polar surface area (TPSA) is 79.0 Å². The first kappa shape index (κ1) is 23.3. The Morgan fingerprint density at radius 2 is 1.74 bits per heavy atom. The molecular formula is C27H24N4O2S. The number of para-hydroxylation sites is 2. The second-order valence-corrected chi connectivity index (χ2v) is 9.19. The van der Waals surface area contributed by atoms with Gasteiger partial charge >= 0.3 is 0 Å². The molecule has 0 fully saturated rings. The van der Waals surface area contributed by atoms with Crippen LogP contribution in [0, 0.1) is 18.3 Å². The van der Waals surface area contributed by atoms with Gasteiger partial charge in [-0.1, -0.05) is 59.8 Å². The number of hydrogen-bond donors (Lipinski definition) is 0. The molecule has 6 nitrogen and oxygen atoms in total. The molecule has 0 bridgehead atoms. The highest BCUT2D eigenvalue weighted by Gasteiger charge is 2.25. The van der Waals surface area contributed by atoms with E-state index in [0.717, 1.165) is 11.3 Å². The number of benzene rings is 3. The minimum atomic E-state index is -0.538. The summed E-state index contributed by atoms with van der Waals surface area (Å²) in [6.07, 6.45) is 0.223. The molecule has 0 aliphatic rings. The Morgan fingerprint density at radius 3 is 2.44 bits per heavy atom. The number of carbonyl (C=O) groups excluding carboxylic acids is 1. The number of hydrogen-bond acceptors (Lipinski definition) is 5. The molecule has 1 aromatic heterocycles. The number of nitriles is 1. The molecule has 1 atom stereocenters. The van der Waals surface area contributed by atoms with E-state index in [0.29, 0.717) is 28.3 Å². The summed E-state index contributed by atoms with van der Waals surface area (Å²) in [5.74, 6) is -0.149. The van der Waals surface area contributed by atoms with Gasteiger partial charge in [-0.05, 0) is 50.2 Å². The number of aryl methyl sites for hydroxylation is 1. The molecule has 170 valence electrons. The Kier molecular flexibility index (Phi) is 7.09. The van der Waals surface area contributed by atoms with Crippen molar-refractivity contribution < 1.29 is 4.79 Å². The van der Waals surface area contributed by atoms with Crippen LogP contribution in [-0.4, -0.2) is 27.3 Å². The Labute approximate surface area is 202 Å². The van der Waals surface area contributed by atoms with E-state index in [9.17, 15) is 9.59 Å². The Hall–Kier alpha value is -3.89. The fourth-order valence-corrected chi connectivity index (χ4v) is 4.67. The Balaban J connectivity index is 1.75. The van der Waals surface area contributed by atoms with Crippen molar-refractivity contribution in [3.8, 4) is 11.8 Å². The van der Waals surface area contributed by atoms with Gasteiger partial charge in [-0.2, -0.15) is 5.26 Å². The van der Waals surface area contributed by atoms with Crippen LogP contribution in [0.4, 0.5) is 5.69 Å². The quantitative estimate of drug-likeness (QED) is 0.278. The van der Waals surface area contributed by atoms with Gasteiger partial charge in [0.25, 0.3) is 5.56 Å². The third kappa shape index (κ3) is 4.87. The second-order valence-electron chi connectivity index (χ2n) is 7.88. The van der Waals surface area contributed by atoms with Gasteiger partial charge in [0.1, 0.15) is 0 Å². The molecule has 4 rings (SSSR count). The summed E-state index contributed by atoms with van der Waals surface area (Å²) in [4.78, 5) is 33.3. The van der Waals surface area contributed by atoms with Crippen molar-refractivity contribution in [3.05, 3.63) is 94.8 Å². The highest BCUT2D eigenvalue weighted by Crippen LogP contribution is 2.28. The lowest BCUT2D eigenvalue weighted by atomic mass is 10.2. The van der Waals surface area contributed by atoms with E-state index in [2.05, 4.69) is 6.07 Å². The fourth-order valence-electron chi connectivity index (χ4n) is 3.68. The monoisotopic (exact) mass is 468 g/mol. The highest BCUT2D eigenvalue weighted by atomic mass is 32.2. The molecule has 0 saturated heterocycles. The molecule has 4 aromatic rings. The number of nitrogens with zero attached hydrogens (tertiary/aromatic N) is 4. The molecule has 0 aliphatic carbocycles. The number of thioether (sulfide) groups is 1. The molecule has 0 spiro atoms. The SMILES string of the molecule is Cc1ccc(-n2c(SC(C)C(=O)N(CCC#N)c3ccccc3)nc3ccccc3c2=O)cc1. The number of anilines is 1. The van der Waals surface area contributed by atoms with Gasteiger partial charge in [-0.15, -0.1) is 0 Å². The zero-order chi connectivity index (χ0) is 24.1. The maximum Gasteiger partial charge on any atom is 0.266 e. The fraction of sp³-hybridized carbons (Fsp3) is 0.185. The van der Waals surface area contributed by atoms with Crippen LogP contribution >= 0.6 is 11.8 Å². The van der Waals surface area contributed by atoms with Gasteiger partial charge in [0.2, 0.25) is 5.91 Å². The predicted octanol–water partition coefficient (Wildman–Crippen LogP) is 5.12.